The summed E-state index contributed by atoms with van der Waals surface area (Å²) >= 11 is 0. The van der Waals surface area contributed by atoms with Gasteiger partial charge >= 0.3 is 5.97 Å². The molecule has 0 saturated carbocycles. The van der Waals surface area contributed by atoms with Gasteiger partial charge in [-0.3, -0.25) is 0 Å². The zero-order valence-electron chi connectivity index (χ0n) is 13.2. The first-order valence-corrected chi connectivity index (χ1v) is 7.50. The number of para-hydroxylation sites is 1. The van der Waals surface area contributed by atoms with Crippen LogP contribution in [0.1, 0.15) is 31.1 Å². The summed E-state index contributed by atoms with van der Waals surface area (Å²) in [4.78, 5) is 11.9. The lowest BCUT2D eigenvalue weighted by Gasteiger charge is -2.17. The second-order valence-electron chi connectivity index (χ2n) is 4.83. The Hall–Kier alpha value is -2.59. The van der Waals surface area contributed by atoms with Crippen LogP contribution in [-0.2, 0) is 9.53 Å². The molecule has 1 unspecified atom stereocenters. The predicted molar refractivity (Wildman–Crippen MR) is 88.0 cm³/mol. The van der Waals surface area contributed by atoms with Gasteiger partial charge in [0.15, 0.2) is 0 Å². The fraction of sp³-hybridized carbons (Fsp3) is 0.211. The summed E-state index contributed by atoms with van der Waals surface area (Å²) in [7, 11) is 0. The monoisotopic (exact) mass is 312 g/mol. The molecular formula is C19H20O4. The molecule has 0 aromatic heterocycles. The first-order chi connectivity index (χ1) is 11.2. The van der Waals surface area contributed by atoms with Crippen molar-refractivity contribution in [3.05, 3.63) is 77.6 Å². The highest BCUT2D eigenvalue weighted by molar-refractivity contribution is 5.86. The van der Waals surface area contributed by atoms with E-state index in [1.807, 2.05) is 36.4 Å². The lowest BCUT2D eigenvalue weighted by Crippen LogP contribution is -2.14. The quantitative estimate of drug-likeness (QED) is 0.503. The molecule has 0 saturated heterocycles. The van der Waals surface area contributed by atoms with E-state index in [2.05, 4.69) is 0 Å². The molecule has 0 bridgehead atoms. The van der Waals surface area contributed by atoms with E-state index in [-0.39, 0.29) is 12.4 Å². The van der Waals surface area contributed by atoms with Crippen molar-refractivity contribution in [1.29, 1.82) is 0 Å². The van der Waals surface area contributed by atoms with Crippen LogP contribution < -0.4 is 4.74 Å². The summed E-state index contributed by atoms with van der Waals surface area (Å²) < 4.78 is 10.6. The van der Waals surface area contributed by atoms with E-state index < -0.39 is 12.1 Å². The highest BCUT2D eigenvalue weighted by Crippen LogP contribution is 2.31. The fourth-order valence-electron chi connectivity index (χ4n) is 2.15. The molecule has 2 rings (SSSR count). The van der Waals surface area contributed by atoms with Crippen LogP contribution in [0.4, 0.5) is 0 Å². The average molecular weight is 312 g/mol. The minimum Gasteiger partial charge on any atom is -0.460 e. The molecule has 0 spiro atoms. The number of aliphatic hydroxyl groups excluding tert-OH is 1. The Morgan fingerprint density at radius 1 is 1.13 bits per heavy atom. The number of hydrogen-bond acceptors (Lipinski definition) is 4. The first kappa shape index (κ1) is 16.8. The van der Waals surface area contributed by atoms with E-state index >= 15 is 0 Å². The topological polar surface area (TPSA) is 55.8 Å². The third kappa shape index (κ3) is 4.20. The molecule has 2 aromatic carbocycles. The molecule has 1 N–H and O–H groups in total. The third-order valence-corrected chi connectivity index (χ3v) is 3.29. The van der Waals surface area contributed by atoms with Crippen LogP contribution in [0.25, 0.3) is 0 Å². The van der Waals surface area contributed by atoms with Crippen molar-refractivity contribution < 1.29 is 19.4 Å². The molecule has 1 atom stereocenters. The van der Waals surface area contributed by atoms with Crippen molar-refractivity contribution >= 4 is 5.97 Å². The summed E-state index contributed by atoms with van der Waals surface area (Å²) in [6.07, 6.45) is 0.705. The summed E-state index contributed by atoms with van der Waals surface area (Å²) in [6.45, 7) is 3.70. The van der Waals surface area contributed by atoms with Gasteiger partial charge in [0, 0.05) is 5.56 Å². The largest absolute Gasteiger partial charge is 0.460 e. The van der Waals surface area contributed by atoms with Crippen LogP contribution in [-0.4, -0.2) is 17.7 Å². The smallest absolute Gasteiger partial charge is 0.373 e. The third-order valence-electron chi connectivity index (χ3n) is 3.29. The maximum Gasteiger partial charge on any atom is 0.373 e. The highest BCUT2D eigenvalue weighted by Gasteiger charge is 2.18. The molecule has 0 radical (unpaired) electrons. The number of aliphatic hydroxyl groups is 1. The molecule has 2 aromatic rings. The van der Waals surface area contributed by atoms with Gasteiger partial charge in [-0.1, -0.05) is 48.5 Å². The molecule has 120 valence electrons. The molecule has 0 fully saturated rings. The normalized spacial score (nSPS) is 12.6. The molecule has 23 heavy (non-hydrogen) atoms. The van der Waals surface area contributed by atoms with Crippen LogP contribution >= 0.6 is 0 Å². The molecule has 0 aliphatic heterocycles. The number of carbonyl (C=O) groups is 1. The number of esters is 1. The van der Waals surface area contributed by atoms with Crippen molar-refractivity contribution in [2.75, 3.05) is 6.61 Å². The highest BCUT2D eigenvalue weighted by atomic mass is 16.6. The zero-order valence-corrected chi connectivity index (χ0v) is 13.2. The second-order valence-corrected chi connectivity index (χ2v) is 4.83. The van der Waals surface area contributed by atoms with Crippen molar-refractivity contribution in [2.45, 2.75) is 20.0 Å². The van der Waals surface area contributed by atoms with Crippen LogP contribution in [0.15, 0.2) is 66.4 Å². The number of carbonyl (C=O) groups excluding carboxylic acids is 1. The summed E-state index contributed by atoms with van der Waals surface area (Å²) in [5.74, 6) is -0.0106. The van der Waals surface area contributed by atoms with Crippen molar-refractivity contribution in [2.24, 2.45) is 0 Å². The minimum atomic E-state index is -0.840. The van der Waals surface area contributed by atoms with Gasteiger partial charge in [-0.05, 0) is 31.6 Å². The van der Waals surface area contributed by atoms with Crippen LogP contribution in [0.2, 0.25) is 0 Å². The first-order valence-electron chi connectivity index (χ1n) is 7.50. The van der Waals surface area contributed by atoms with E-state index in [4.69, 9.17) is 9.47 Å². The van der Waals surface area contributed by atoms with Gasteiger partial charge in [0.25, 0.3) is 0 Å². The summed E-state index contributed by atoms with van der Waals surface area (Å²) in [6, 6.07) is 16.4. The second kappa shape index (κ2) is 8.15. The van der Waals surface area contributed by atoms with Gasteiger partial charge in [-0.25, -0.2) is 4.79 Å². The number of allylic oxidation sites excluding steroid dienone is 1. The Kier molecular flexibility index (Phi) is 5.94. The standard InChI is InChI=1S/C19H20O4/c1-3-16(19(21)22-4-2)23-17-13-9-8-12-15(17)18(20)14-10-6-5-7-11-14/h3,5-13,18,20H,4H2,1-2H3/b16-3+. The lowest BCUT2D eigenvalue weighted by atomic mass is 10.0. The van der Waals surface area contributed by atoms with E-state index in [1.165, 1.54) is 0 Å². The van der Waals surface area contributed by atoms with Crippen molar-refractivity contribution in [1.82, 2.24) is 0 Å². The Balaban J connectivity index is 2.29. The molecule has 4 heteroatoms. The van der Waals surface area contributed by atoms with E-state index in [0.717, 1.165) is 5.56 Å². The molecule has 0 aliphatic carbocycles. The Morgan fingerprint density at radius 3 is 2.43 bits per heavy atom. The summed E-state index contributed by atoms with van der Waals surface area (Å²) in [5, 5.41) is 10.6. The van der Waals surface area contributed by atoms with Crippen LogP contribution in [0.5, 0.6) is 5.75 Å². The predicted octanol–water partition coefficient (Wildman–Crippen LogP) is 3.61. The fourth-order valence-corrected chi connectivity index (χ4v) is 2.15. The Bertz CT molecular complexity index is 677. The van der Waals surface area contributed by atoms with Gasteiger partial charge in [-0.15, -0.1) is 0 Å². The number of benzene rings is 2. The Labute approximate surface area is 136 Å². The SMILES string of the molecule is C/C=C(/Oc1ccccc1C(O)c1ccccc1)C(=O)OCC. The van der Waals surface area contributed by atoms with Gasteiger partial charge < -0.3 is 14.6 Å². The van der Waals surface area contributed by atoms with E-state index in [9.17, 15) is 9.90 Å². The number of rotatable bonds is 6. The Morgan fingerprint density at radius 2 is 1.78 bits per heavy atom. The van der Waals surface area contributed by atoms with E-state index in [1.54, 1.807) is 38.1 Å². The van der Waals surface area contributed by atoms with Crippen molar-refractivity contribution in [3.63, 3.8) is 0 Å². The average Bonchev–Trinajstić information content (AvgIpc) is 2.60. The maximum absolute atomic E-state index is 11.9. The van der Waals surface area contributed by atoms with Crippen LogP contribution in [0, 0.1) is 0 Å². The minimum absolute atomic E-state index is 0.0968. The molecule has 0 aliphatic rings. The lowest BCUT2D eigenvalue weighted by molar-refractivity contribution is -0.141. The molecule has 4 nitrogen and oxygen atoms in total. The molecular weight excluding hydrogens is 292 g/mol. The summed E-state index contributed by atoms with van der Waals surface area (Å²) in [5.41, 5.74) is 1.34. The molecule has 0 heterocycles. The maximum atomic E-state index is 11.9. The van der Waals surface area contributed by atoms with Gasteiger partial charge in [0.1, 0.15) is 11.9 Å². The number of hydrogen-bond donors (Lipinski definition) is 1. The molecule has 0 amide bonds. The van der Waals surface area contributed by atoms with Crippen molar-refractivity contribution in [3.8, 4) is 5.75 Å². The van der Waals surface area contributed by atoms with Gasteiger partial charge in [0.05, 0.1) is 6.61 Å². The zero-order chi connectivity index (χ0) is 16.7. The van der Waals surface area contributed by atoms with Gasteiger partial charge in [-0.2, -0.15) is 0 Å². The van der Waals surface area contributed by atoms with Gasteiger partial charge in [0.2, 0.25) is 5.76 Å². The van der Waals surface area contributed by atoms with E-state index in [0.29, 0.717) is 11.3 Å². The van der Waals surface area contributed by atoms with Crippen LogP contribution in [0.3, 0.4) is 0 Å². The number of ether oxygens (including phenoxy) is 2.